The summed E-state index contributed by atoms with van der Waals surface area (Å²) in [5, 5.41) is 4.05. The number of ether oxygens (including phenoxy) is 2. The molecule has 1 fully saturated rings. The van der Waals surface area contributed by atoms with Crippen LogP contribution in [0.4, 0.5) is 0 Å². The Morgan fingerprint density at radius 1 is 1.37 bits per heavy atom. The molecule has 1 aromatic heterocycles. The average molecular weight is 260 g/mol. The van der Waals surface area contributed by atoms with E-state index in [0.717, 1.165) is 35.7 Å². The van der Waals surface area contributed by atoms with Crippen molar-refractivity contribution in [1.82, 2.24) is 10.1 Å². The van der Waals surface area contributed by atoms with Crippen LogP contribution in [-0.4, -0.2) is 30.5 Å². The lowest BCUT2D eigenvalue weighted by Crippen LogP contribution is -1.99. The van der Waals surface area contributed by atoms with Crippen molar-refractivity contribution in [1.29, 1.82) is 0 Å². The van der Waals surface area contributed by atoms with Crippen molar-refractivity contribution in [2.45, 2.75) is 19.3 Å². The van der Waals surface area contributed by atoms with Gasteiger partial charge in [0.25, 0.3) is 5.89 Å². The predicted octanol–water partition coefficient (Wildman–Crippen LogP) is 2.56. The van der Waals surface area contributed by atoms with E-state index in [0.29, 0.717) is 12.5 Å². The highest BCUT2D eigenvalue weighted by Gasteiger charge is 2.23. The molecule has 100 valence electrons. The highest BCUT2D eigenvalue weighted by molar-refractivity contribution is 5.57. The zero-order valence-electron chi connectivity index (χ0n) is 11.0. The molecular formula is C14H16N2O3. The lowest BCUT2D eigenvalue weighted by Gasteiger charge is -2.04. The summed E-state index contributed by atoms with van der Waals surface area (Å²) in [4.78, 5) is 4.46. The fraction of sp³-hybridized carbons (Fsp3) is 0.429. The predicted molar refractivity (Wildman–Crippen MR) is 69.2 cm³/mol. The van der Waals surface area contributed by atoms with Gasteiger partial charge in [0.05, 0.1) is 13.7 Å². The second-order valence-electron chi connectivity index (χ2n) is 4.70. The zero-order valence-corrected chi connectivity index (χ0v) is 11.0. The van der Waals surface area contributed by atoms with Crippen LogP contribution in [0.3, 0.4) is 0 Å². The van der Waals surface area contributed by atoms with Crippen LogP contribution in [0, 0.1) is 6.92 Å². The Balaban J connectivity index is 1.87. The van der Waals surface area contributed by atoms with Crippen molar-refractivity contribution in [3.8, 4) is 17.2 Å². The fourth-order valence-corrected chi connectivity index (χ4v) is 2.27. The summed E-state index contributed by atoms with van der Waals surface area (Å²) >= 11 is 0. The van der Waals surface area contributed by atoms with Crippen molar-refractivity contribution in [3.63, 3.8) is 0 Å². The molecule has 2 heterocycles. The maximum absolute atomic E-state index is 5.34. The molecule has 0 N–H and O–H groups in total. The fourth-order valence-electron chi connectivity index (χ4n) is 2.27. The number of rotatable bonds is 3. The van der Waals surface area contributed by atoms with Crippen LogP contribution in [0.2, 0.25) is 0 Å². The smallest absolute Gasteiger partial charge is 0.257 e. The third-order valence-corrected chi connectivity index (χ3v) is 3.38. The number of aryl methyl sites for hydroxylation is 1. The molecule has 1 unspecified atom stereocenters. The van der Waals surface area contributed by atoms with E-state index in [2.05, 4.69) is 10.1 Å². The Labute approximate surface area is 111 Å². The third kappa shape index (κ3) is 2.33. The summed E-state index contributed by atoms with van der Waals surface area (Å²) in [5.41, 5.74) is 1.96. The molecule has 5 nitrogen and oxygen atoms in total. The largest absolute Gasteiger partial charge is 0.496 e. The van der Waals surface area contributed by atoms with Crippen LogP contribution < -0.4 is 4.74 Å². The van der Waals surface area contributed by atoms with E-state index < -0.39 is 0 Å². The highest BCUT2D eigenvalue weighted by Crippen LogP contribution is 2.28. The number of hydrogen-bond donors (Lipinski definition) is 0. The molecule has 0 bridgehead atoms. The van der Waals surface area contributed by atoms with E-state index in [1.54, 1.807) is 7.11 Å². The molecule has 1 saturated heterocycles. The van der Waals surface area contributed by atoms with Gasteiger partial charge in [0.2, 0.25) is 0 Å². The molecule has 0 saturated carbocycles. The van der Waals surface area contributed by atoms with Crippen LogP contribution in [0.25, 0.3) is 11.5 Å². The van der Waals surface area contributed by atoms with Gasteiger partial charge in [-0.05, 0) is 37.1 Å². The van der Waals surface area contributed by atoms with Gasteiger partial charge in [-0.15, -0.1) is 0 Å². The Bertz CT molecular complexity index is 574. The van der Waals surface area contributed by atoms with E-state index in [4.69, 9.17) is 14.0 Å². The number of nitrogens with zero attached hydrogens (tertiary/aromatic N) is 2. The van der Waals surface area contributed by atoms with E-state index in [1.165, 1.54) is 0 Å². The van der Waals surface area contributed by atoms with Crippen LogP contribution in [-0.2, 0) is 4.74 Å². The molecule has 5 heteroatoms. The molecule has 1 atom stereocenters. The van der Waals surface area contributed by atoms with Gasteiger partial charge in [0, 0.05) is 18.1 Å². The molecule has 0 spiro atoms. The van der Waals surface area contributed by atoms with Crippen LogP contribution >= 0.6 is 0 Å². The van der Waals surface area contributed by atoms with E-state index in [-0.39, 0.29) is 5.92 Å². The van der Waals surface area contributed by atoms with Crippen LogP contribution in [0.1, 0.15) is 23.7 Å². The quantitative estimate of drug-likeness (QED) is 0.848. The molecule has 2 aromatic rings. The Kier molecular flexibility index (Phi) is 3.21. The summed E-state index contributed by atoms with van der Waals surface area (Å²) < 4.78 is 15.9. The minimum atomic E-state index is 0.261. The summed E-state index contributed by atoms with van der Waals surface area (Å²) in [7, 11) is 1.66. The average Bonchev–Trinajstić information content (AvgIpc) is 3.09. The topological polar surface area (TPSA) is 57.4 Å². The normalized spacial score (nSPS) is 18.7. The standard InChI is InChI=1S/C14H16N2O3/c1-9-7-10(3-4-12(9)17-2)14-15-13(16-19-14)11-5-6-18-8-11/h3-4,7,11H,5-6,8H2,1-2H3. The maximum Gasteiger partial charge on any atom is 0.257 e. The van der Waals surface area contributed by atoms with Gasteiger partial charge in [-0.25, -0.2) is 0 Å². The third-order valence-electron chi connectivity index (χ3n) is 3.38. The molecule has 1 aliphatic heterocycles. The second-order valence-corrected chi connectivity index (χ2v) is 4.70. The van der Waals surface area contributed by atoms with Gasteiger partial charge in [0.15, 0.2) is 5.82 Å². The van der Waals surface area contributed by atoms with Gasteiger partial charge < -0.3 is 14.0 Å². The summed E-state index contributed by atoms with van der Waals surface area (Å²) in [6, 6.07) is 5.82. The van der Waals surface area contributed by atoms with Crippen LogP contribution in [0.5, 0.6) is 5.75 Å². The van der Waals surface area contributed by atoms with Crippen LogP contribution in [0.15, 0.2) is 22.7 Å². The Morgan fingerprint density at radius 2 is 2.26 bits per heavy atom. The SMILES string of the molecule is COc1ccc(-c2nc(C3CCOC3)no2)cc1C. The van der Waals surface area contributed by atoms with Crippen molar-refractivity contribution in [3.05, 3.63) is 29.6 Å². The van der Waals surface area contributed by atoms with E-state index in [1.807, 2.05) is 25.1 Å². The molecule has 0 amide bonds. The monoisotopic (exact) mass is 260 g/mol. The number of hydrogen-bond acceptors (Lipinski definition) is 5. The highest BCUT2D eigenvalue weighted by atomic mass is 16.5. The number of aromatic nitrogens is 2. The van der Waals surface area contributed by atoms with Crippen molar-refractivity contribution in [2.24, 2.45) is 0 Å². The first-order valence-corrected chi connectivity index (χ1v) is 6.34. The van der Waals surface area contributed by atoms with Gasteiger partial charge in [-0.3, -0.25) is 0 Å². The zero-order chi connectivity index (χ0) is 13.2. The van der Waals surface area contributed by atoms with Crippen molar-refractivity contribution >= 4 is 0 Å². The summed E-state index contributed by atoms with van der Waals surface area (Å²) in [5.74, 6) is 2.40. The maximum atomic E-state index is 5.34. The lowest BCUT2D eigenvalue weighted by atomic mass is 10.1. The van der Waals surface area contributed by atoms with Gasteiger partial charge >= 0.3 is 0 Å². The Hall–Kier alpha value is -1.88. The summed E-state index contributed by atoms with van der Waals surface area (Å²) in [6.07, 6.45) is 0.959. The molecule has 0 radical (unpaired) electrons. The number of benzene rings is 1. The first-order chi connectivity index (χ1) is 9.28. The summed E-state index contributed by atoms with van der Waals surface area (Å²) in [6.45, 7) is 3.45. The second kappa shape index (κ2) is 5.01. The lowest BCUT2D eigenvalue weighted by molar-refractivity contribution is 0.192. The molecule has 0 aliphatic carbocycles. The van der Waals surface area contributed by atoms with Gasteiger partial charge in [-0.1, -0.05) is 5.16 Å². The minimum absolute atomic E-state index is 0.261. The van der Waals surface area contributed by atoms with Gasteiger partial charge in [-0.2, -0.15) is 4.98 Å². The first-order valence-electron chi connectivity index (χ1n) is 6.34. The van der Waals surface area contributed by atoms with E-state index in [9.17, 15) is 0 Å². The first kappa shape index (κ1) is 12.2. The number of methoxy groups -OCH3 is 1. The Morgan fingerprint density at radius 3 is 2.95 bits per heavy atom. The van der Waals surface area contributed by atoms with Crippen molar-refractivity contribution < 1.29 is 14.0 Å². The molecule has 1 aromatic carbocycles. The molecule has 1 aliphatic rings. The molecular weight excluding hydrogens is 244 g/mol. The minimum Gasteiger partial charge on any atom is -0.496 e. The van der Waals surface area contributed by atoms with Gasteiger partial charge in [0.1, 0.15) is 5.75 Å². The molecule has 19 heavy (non-hydrogen) atoms. The van der Waals surface area contributed by atoms with Crippen molar-refractivity contribution in [2.75, 3.05) is 20.3 Å². The molecule has 3 rings (SSSR count). The van der Waals surface area contributed by atoms with E-state index >= 15 is 0 Å².